The number of carbonyl (C=O) groups is 6. The van der Waals surface area contributed by atoms with Crippen molar-refractivity contribution in [2.75, 3.05) is 6.54 Å². The summed E-state index contributed by atoms with van der Waals surface area (Å²) < 4.78 is 0. The highest BCUT2D eigenvalue weighted by atomic mass is 16.4. The first kappa shape index (κ1) is 44.0. The highest BCUT2D eigenvalue weighted by Gasteiger charge is 2.33. The van der Waals surface area contributed by atoms with Crippen LogP contribution in [0.4, 0.5) is 0 Å². The van der Waals surface area contributed by atoms with Crippen LogP contribution in [0.3, 0.4) is 0 Å². The Bertz CT molecular complexity index is 1230. The molecule has 282 valence electrons. The van der Waals surface area contributed by atoms with Crippen molar-refractivity contribution in [3.05, 3.63) is 35.9 Å². The predicted molar refractivity (Wildman–Crippen MR) is 192 cm³/mol. The summed E-state index contributed by atoms with van der Waals surface area (Å²) in [6, 6.07) is 6.12. The first-order chi connectivity index (χ1) is 23.6. The molecule has 0 spiro atoms. The summed E-state index contributed by atoms with van der Waals surface area (Å²) in [6.07, 6.45) is 0.632. The molecule has 1 aromatic carbocycles. The van der Waals surface area contributed by atoms with E-state index in [0.717, 1.165) is 5.56 Å². The standard InChI is InChI=1S/C37H61N5O8/c1-8-25(7)34(41-30(44)19-14-20-32(46)47)37(50)39-27(18-13-17-26-15-11-10-12-16-26)35(48)40-28(21-23(3)4)29(43)22-31(45)42-33(24(5)6)36(49)38-9-2/h10-12,15-16,23-25,27-29,33-34,43H,8-9,13-14,17-22H2,1-7H3,(H,38,49)(H,39,50)(H,40,48)(H,41,44)(H,42,45)(H,46,47)/t25-,27-,28-,29-,33-,34-/m0/s1. The quantitative estimate of drug-likeness (QED) is 0.0851. The zero-order chi connectivity index (χ0) is 37.8. The summed E-state index contributed by atoms with van der Waals surface area (Å²) in [4.78, 5) is 76.6. The lowest BCUT2D eigenvalue weighted by atomic mass is 9.95. The number of carbonyl (C=O) groups excluding carboxylic acids is 5. The molecule has 1 rings (SSSR count). The smallest absolute Gasteiger partial charge is 0.303 e. The summed E-state index contributed by atoms with van der Waals surface area (Å²) in [5.41, 5.74) is 1.07. The van der Waals surface area contributed by atoms with Gasteiger partial charge in [-0.15, -0.1) is 0 Å². The number of rotatable bonds is 24. The third-order valence-electron chi connectivity index (χ3n) is 8.57. The Kier molecular flexibility index (Phi) is 20.6. The fourth-order valence-corrected chi connectivity index (χ4v) is 5.52. The number of carboxylic acids is 1. The van der Waals surface area contributed by atoms with Crippen LogP contribution in [0.5, 0.6) is 0 Å². The largest absolute Gasteiger partial charge is 0.481 e. The fraction of sp³-hybridized carbons (Fsp3) is 0.676. The molecule has 0 aromatic heterocycles. The first-order valence-electron chi connectivity index (χ1n) is 18.0. The van der Waals surface area contributed by atoms with Crippen molar-refractivity contribution in [2.24, 2.45) is 17.8 Å². The van der Waals surface area contributed by atoms with Crippen molar-refractivity contribution in [1.82, 2.24) is 26.6 Å². The van der Waals surface area contributed by atoms with E-state index in [-0.39, 0.29) is 55.8 Å². The van der Waals surface area contributed by atoms with Crippen molar-refractivity contribution in [1.29, 1.82) is 0 Å². The van der Waals surface area contributed by atoms with Crippen LogP contribution in [-0.2, 0) is 35.2 Å². The summed E-state index contributed by atoms with van der Waals surface area (Å²) in [6.45, 7) is 13.3. The van der Waals surface area contributed by atoms with E-state index in [4.69, 9.17) is 5.11 Å². The van der Waals surface area contributed by atoms with Crippen LogP contribution in [0, 0.1) is 17.8 Å². The first-order valence-corrected chi connectivity index (χ1v) is 18.0. The summed E-state index contributed by atoms with van der Waals surface area (Å²) in [7, 11) is 0. The van der Waals surface area contributed by atoms with E-state index in [1.807, 2.05) is 58.0 Å². The molecule has 13 heteroatoms. The highest BCUT2D eigenvalue weighted by molar-refractivity contribution is 5.92. The lowest BCUT2D eigenvalue weighted by molar-refractivity contribution is -0.137. The average molecular weight is 704 g/mol. The van der Waals surface area contributed by atoms with Gasteiger partial charge in [0.1, 0.15) is 18.1 Å². The molecule has 0 aliphatic carbocycles. The number of aryl methyl sites for hydroxylation is 1. The second kappa shape index (κ2) is 23.4. The number of likely N-dealkylation sites (N-methyl/N-ethyl adjacent to an activating group) is 1. The predicted octanol–water partition coefficient (Wildman–Crippen LogP) is 2.84. The molecule has 0 radical (unpaired) electrons. The van der Waals surface area contributed by atoms with Gasteiger partial charge < -0.3 is 36.8 Å². The molecule has 0 saturated carbocycles. The van der Waals surface area contributed by atoms with E-state index in [9.17, 15) is 33.9 Å². The number of aliphatic carboxylic acids is 1. The van der Waals surface area contributed by atoms with Gasteiger partial charge >= 0.3 is 5.97 Å². The van der Waals surface area contributed by atoms with E-state index in [1.54, 1.807) is 20.8 Å². The van der Waals surface area contributed by atoms with E-state index in [2.05, 4.69) is 26.6 Å². The number of amides is 5. The summed E-state index contributed by atoms with van der Waals surface area (Å²) in [5, 5.41) is 34.0. The van der Waals surface area contributed by atoms with Crippen LogP contribution in [0.15, 0.2) is 30.3 Å². The second-order valence-electron chi connectivity index (χ2n) is 13.8. The van der Waals surface area contributed by atoms with Gasteiger partial charge in [-0.05, 0) is 62.3 Å². The third-order valence-corrected chi connectivity index (χ3v) is 8.57. The molecule has 0 aliphatic heterocycles. The average Bonchev–Trinajstić information content (AvgIpc) is 3.04. The zero-order valence-electron chi connectivity index (χ0n) is 30.9. The Labute approximate surface area is 297 Å². The molecule has 7 N–H and O–H groups in total. The van der Waals surface area contributed by atoms with Gasteiger partial charge in [0.25, 0.3) is 0 Å². The lowest BCUT2D eigenvalue weighted by Crippen LogP contribution is -2.58. The Balaban J connectivity index is 3.19. The molecule has 0 aliphatic rings. The van der Waals surface area contributed by atoms with Gasteiger partial charge in [-0.1, -0.05) is 78.3 Å². The Morgan fingerprint density at radius 2 is 1.38 bits per heavy atom. The van der Waals surface area contributed by atoms with Gasteiger partial charge in [0.2, 0.25) is 29.5 Å². The third kappa shape index (κ3) is 17.1. The van der Waals surface area contributed by atoms with E-state index in [0.29, 0.717) is 32.2 Å². The maximum Gasteiger partial charge on any atom is 0.303 e. The molecule has 0 heterocycles. The number of benzene rings is 1. The van der Waals surface area contributed by atoms with Crippen molar-refractivity contribution in [3.8, 4) is 0 Å². The molecule has 6 atom stereocenters. The summed E-state index contributed by atoms with van der Waals surface area (Å²) in [5.74, 6) is -3.84. The SMILES string of the molecule is CCNC(=O)[C@@H](NC(=O)C[C@H](O)[C@H](CC(C)C)NC(=O)[C@H](CCCc1ccccc1)NC(=O)[C@@H](NC(=O)CCCC(=O)O)[C@@H](C)CC)C(C)C. The minimum absolute atomic E-state index is 0.0361. The molecule has 1 aromatic rings. The molecule has 5 amide bonds. The normalized spacial score (nSPS) is 14.8. The number of aliphatic hydroxyl groups excluding tert-OH is 1. The minimum atomic E-state index is -1.28. The van der Waals surface area contributed by atoms with Gasteiger partial charge in [0.05, 0.1) is 18.6 Å². The Hall–Kier alpha value is -4.00. The lowest BCUT2D eigenvalue weighted by Gasteiger charge is -2.30. The van der Waals surface area contributed by atoms with E-state index in [1.165, 1.54) is 0 Å². The fourth-order valence-electron chi connectivity index (χ4n) is 5.52. The molecule has 0 bridgehead atoms. The Morgan fingerprint density at radius 3 is 1.94 bits per heavy atom. The maximum absolute atomic E-state index is 13.9. The van der Waals surface area contributed by atoms with Crippen LogP contribution in [0.25, 0.3) is 0 Å². The van der Waals surface area contributed by atoms with E-state index < -0.39 is 59.9 Å². The van der Waals surface area contributed by atoms with Crippen LogP contribution in [-0.4, -0.2) is 82.5 Å². The molecular formula is C37H61N5O8. The molecule has 0 unspecified atom stereocenters. The number of nitrogens with one attached hydrogen (secondary N) is 5. The monoisotopic (exact) mass is 703 g/mol. The van der Waals surface area contributed by atoms with Crippen molar-refractivity contribution in [3.63, 3.8) is 0 Å². The maximum atomic E-state index is 13.9. The van der Waals surface area contributed by atoms with E-state index >= 15 is 0 Å². The van der Waals surface area contributed by atoms with Crippen molar-refractivity contribution in [2.45, 2.75) is 137 Å². The van der Waals surface area contributed by atoms with Gasteiger partial charge in [-0.25, -0.2) is 0 Å². The molecule has 50 heavy (non-hydrogen) atoms. The zero-order valence-corrected chi connectivity index (χ0v) is 30.9. The van der Waals surface area contributed by atoms with Gasteiger partial charge in [-0.3, -0.25) is 28.8 Å². The van der Waals surface area contributed by atoms with Crippen LogP contribution in [0.1, 0.15) is 105 Å². The molecule has 0 fully saturated rings. The number of hydrogen-bond donors (Lipinski definition) is 7. The number of carboxylic acid groups (broad SMARTS) is 1. The highest BCUT2D eigenvalue weighted by Crippen LogP contribution is 2.15. The van der Waals surface area contributed by atoms with Crippen LogP contribution >= 0.6 is 0 Å². The molecule has 13 nitrogen and oxygen atoms in total. The van der Waals surface area contributed by atoms with Gasteiger partial charge in [0.15, 0.2) is 0 Å². The topological polar surface area (TPSA) is 203 Å². The Morgan fingerprint density at radius 1 is 0.740 bits per heavy atom. The number of hydrogen-bond acceptors (Lipinski definition) is 7. The van der Waals surface area contributed by atoms with Crippen molar-refractivity contribution >= 4 is 35.5 Å². The molecular weight excluding hydrogens is 642 g/mol. The minimum Gasteiger partial charge on any atom is -0.481 e. The summed E-state index contributed by atoms with van der Waals surface area (Å²) >= 11 is 0. The van der Waals surface area contributed by atoms with Crippen molar-refractivity contribution < 1.29 is 39.0 Å². The van der Waals surface area contributed by atoms with Crippen LogP contribution < -0.4 is 26.6 Å². The van der Waals surface area contributed by atoms with Crippen LogP contribution in [0.2, 0.25) is 0 Å². The second-order valence-corrected chi connectivity index (χ2v) is 13.8. The van der Waals surface area contributed by atoms with Gasteiger partial charge in [0, 0.05) is 19.4 Å². The van der Waals surface area contributed by atoms with Gasteiger partial charge in [-0.2, -0.15) is 0 Å². The molecule has 0 saturated heterocycles. The number of aliphatic hydroxyl groups is 1.